The first-order chi connectivity index (χ1) is 11.8. The number of hydrogen-bond acceptors (Lipinski definition) is 3. The summed E-state index contributed by atoms with van der Waals surface area (Å²) in [5.41, 5.74) is 6.63. The summed E-state index contributed by atoms with van der Waals surface area (Å²) < 4.78 is 13.9. The molecule has 6 heteroatoms. The van der Waals surface area contributed by atoms with Gasteiger partial charge in [-0.05, 0) is 43.0 Å². The van der Waals surface area contributed by atoms with Crippen molar-refractivity contribution in [2.45, 2.75) is 25.8 Å². The van der Waals surface area contributed by atoms with Crippen molar-refractivity contribution in [3.8, 4) is 11.1 Å². The zero-order valence-electron chi connectivity index (χ0n) is 13.9. The molecule has 4 N–H and O–H groups in total. The Kier molecular flexibility index (Phi) is 6.16. The quantitative estimate of drug-likeness (QED) is 0.701. The van der Waals surface area contributed by atoms with Crippen molar-refractivity contribution in [2.24, 2.45) is 11.1 Å². The Hall–Kier alpha value is -1.95. The fourth-order valence-electron chi connectivity index (χ4n) is 2.73. The van der Waals surface area contributed by atoms with Crippen LogP contribution >= 0.6 is 11.6 Å². The van der Waals surface area contributed by atoms with E-state index in [4.69, 9.17) is 17.3 Å². The third kappa shape index (κ3) is 4.57. The van der Waals surface area contributed by atoms with Gasteiger partial charge in [-0.2, -0.15) is 0 Å². The van der Waals surface area contributed by atoms with Gasteiger partial charge in [-0.3, -0.25) is 4.79 Å². The van der Waals surface area contributed by atoms with Crippen LogP contribution < -0.4 is 5.73 Å². The number of halogens is 2. The monoisotopic (exact) mass is 365 g/mol. The van der Waals surface area contributed by atoms with Crippen molar-refractivity contribution < 1.29 is 19.4 Å². The molecule has 0 spiro atoms. The molecular weight excluding hydrogens is 345 g/mol. The lowest BCUT2D eigenvalue weighted by Crippen LogP contribution is -2.39. The minimum atomic E-state index is -1.29. The Labute approximate surface area is 151 Å². The molecule has 0 saturated carbocycles. The fraction of sp³-hybridized carbons (Fsp3) is 0.316. The molecule has 0 amide bonds. The number of carbonyl (C=O) groups is 1. The molecule has 2 aromatic rings. The predicted molar refractivity (Wildman–Crippen MR) is 96.0 cm³/mol. The third-order valence-electron chi connectivity index (χ3n) is 4.30. The van der Waals surface area contributed by atoms with Crippen molar-refractivity contribution in [3.63, 3.8) is 0 Å². The second-order valence-electron chi connectivity index (χ2n) is 6.48. The molecule has 0 saturated heterocycles. The van der Waals surface area contributed by atoms with Crippen LogP contribution in [-0.4, -0.2) is 28.8 Å². The summed E-state index contributed by atoms with van der Waals surface area (Å²) in [6, 6.07) is 11.1. The lowest BCUT2D eigenvalue weighted by atomic mass is 9.83. The molecule has 2 atom stereocenters. The van der Waals surface area contributed by atoms with Gasteiger partial charge in [-0.25, -0.2) is 4.39 Å². The molecular formula is C19H21ClFNO3. The van der Waals surface area contributed by atoms with Gasteiger partial charge in [0.05, 0.1) is 12.0 Å². The highest BCUT2D eigenvalue weighted by atomic mass is 35.5. The Morgan fingerprint density at radius 2 is 2.00 bits per heavy atom. The average Bonchev–Trinajstić information content (AvgIpc) is 2.57. The lowest BCUT2D eigenvalue weighted by molar-refractivity contribution is -0.151. The van der Waals surface area contributed by atoms with Gasteiger partial charge in [0.25, 0.3) is 0 Å². The van der Waals surface area contributed by atoms with E-state index >= 15 is 0 Å². The van der Waals surface area contributed by atoms with Crippen LogP contribution in [0.2, 0.25) is 5.02 Å². The highest BCUT2D eigenvalue weighted by Crippen LogP contribution is 2.29. The molecule has 2 rings (SSSR count). The summed E-state index contributed by atoms with van der Waals surface area (Å²) >= 11 is 6.30. The average molecular weight is 366 g/mol. The predicted octanol–water partition coefficient (Wildman–Crippen LogP) is 3.49. The van der Waals surface area contributed by atoms with Crippen LogP contribution in [-0.2, 0) is 11.2 Å². The number of carboxylic acids is 1. The van der Waals surface area contributed by atoms with Crippen LogP contribution in [0.1, 0.15) is 18.9 Å². The molecule has 0 aliphatic carbocycles. The van der Waals surface area contributed by atoms with Gasteiger partial charge in [0.2, 0.25) is 0 Å². The van der Waals surface area contributed by atoms with Crippen LogP contribution in [0.5, 0.6) is 0 Å². The normalized spacial score (nSPS) is 14.8. The molecule has 134 valence electrons. The maximum atomic E-state index is 13.9. The number of rotatable bonds is 7. The van der Waals surface area contributed by atoms with Crippen LogP contribution in [0.15, 0.2) is 42.5 Å². The van der Waals surface area contributed by atoms with Gasteiger partial charge in [0.1, 0.15) is 5.82 Å². The van der Waals surface area contributed by atoms with Crippen molar-refractivity contribution in [1.29, 1.82) is 0 Å². The van der Waals surface area contributed by atoms with Gasteiger partial charge in [0.15, 0.2) is 0 Å². The summed E-state index contributed by atoms with van der Waals surface area (Å²) in [5, 5.41) is 19.0. The number of nitrogens with two attached hydrogens (primary N) is 1. The van der Waals surface area contributed by atoms with Crippen LogP contribution in [0.25, 0.3) is 11.1 Å². The molecule has 2 aromatic carbocycles. The van der Waals surface area contributed by atoms with Gasteiger partial charge < -0.3 is 15.9 Å². The Bertz CT molecular complexity index is 768. The number of aliphatic hydroxyl groups is 1. The van der Waals surface area contributed by atoms with E-state index in [1.54, 1.807) is 36.4 Å². The van der Waals surface area contributed by atoms with Crippen molar-refractivity contribution in [1.82, 2.24) is 0 Å². The standard InChI is InChI=1S/C19H21ClFNO3/c1-19(11-23,18(24)25)10-14(22)8-13-7-6-12(9-16(13)20)15-4-2-3-5-17(15)21/h2-7,9,14,23H,8,10-11,22H2,1H3,(H,24,25)/t14-,19-/m0/s1. The molecule has 4 nitrogen and oxygen atoms in total. The van der Waals surface area contributed by atoms with E-state index in [2.05, 4.69) is 0 Å². The van der Waals surface area contributed by atoms with E-state index < -0.39 is 24.0 Å². The van der Waals surface area contributed by atoms with E-state index in [0.717, 1.165) is 5.56 Å². The Morgan fingerprint density at radius 1 is 1.32 bits per heavy atom. The first-order valence-corrected chi connectivity index (χ1v) is 8.28. The summed E-state index contributed by atoms with van der Waals surface area (Å²) in [6.07, 6.45) is 0.476. The van der Waals surface area contributed by atoms with Crippen molar-refractivity contribution >= 4 is 17.6 Å². The number of hydrogen-bond donors (Lipinski definition) is 3. The fourth-order valence-corrected chi connectivity index (χ4v) is 2.99. The number of benzene rings is 2. The van der Waals surface area contributed by atoms with Gasteiger partial charge in [0, 0.05) is 16.6 Å². The zero-order chi connectivity index (χ0) is 18.6. The maximum absolute atomic E-state index is 13.9. The summed E-state index contributed by atoms with van der Waals surface area (Å²) in [4.78, 5) is 11.3. The topological polar surface area (TPSA) is 83.5 Å². The Balaban J connectivity index is 2.16. The second-order valence-corrected chi connectivity index (χ2v) is 6.89. The smallest absolute Gasteiger partial charge is 0.311 e. The van der Waals surface area contributed by atoms with Crippen LogP contribution in [0.3, 0.4) is 0 Å². The number of aliphatic carboxylic acids is 1. The first-order valence-electron chi connectivity index (χ1n) is 7.90. The van der Waals surface area contributed by atoms with E-state index in [1.165, 1.54) is 13.0 Å². The molecule has 0 aliphatic heterocycles. The van der Waals surface area contributed by atoms with Gasteiger partial charge in [-0.15, -0.1) is 0 Å². The van der Waals surface area contributed by atoms with Crippen molar-refractivity contribution in [3.05, 3.63) is 58.9 Å². The summed E-state index contributed by atoms with van der Waals surface area (Å²) in [7, 11) is 0. The summed E-state index contributed by atoms with van der Waals surface area (Å²) in [5.74, 6) is -1.42. The van der Waals surface area contributed by atoms with Crippen molar-refractivity contribution in [2.75, 3.05) is 6.61 Å². The van der Waals surface area contributed by atoms with E-state index in [-0.39, 0.29) is 12.2 Å². The zero-order valence-corrected chi connectivity index (χ0v) is 14.6. The highest BCUT2D eigenvalue weighted by Gasteiger charge is 2.34. The van der Waals surface area contributed by atoms with E-state index in [9.17, 15) is 19.4 Å². The largest absolute Gasteiger partial charge is 0.481 e. The SMILES string of the molecule is C[C@@](CO)(C[C@@H](N)Cc1ccc(-c2ccccc2F)cc1Cl)C(=O)O. The molecule has 0 aliphatic rings. The molecule has 25 heavy (non-hydrogen) atoms. The Morgan fingerprint density at radius 3 is 2.56 bits per heavy atom. The maximum Gasteiger partial charge on any atom is 0.311 e. The minimum absolute atomic E-state index is 0.115. The lowest BCUT2D eigenvalue weighted by Gasteiger charge is -2.26. The third-order valence-corrected chi connectivity index (χ3v) is 4.65. The summed E-state index contributed by atoms with van der Waals surface area (Å²) in [6.45, 7) is 0.966. The van der Waals surface area contributed by atoms with Crippen LogP contribution in [0, 0.1) is 11.2 Å². The highest BCUT2D eigenvalue weighted by molar-refractivity contribution is 6.31. The van der Waals surface area contributed by atoms with Gasteiger partial charge in [-0.1, -0.05) is 41.9 Å². The minimum Gasteiger partial charge on any atom is -0.481 e. The second kappa shape index (κ2) is 7.95. The number of aliphatic hydroxyl groups excluding tert-OH is 1. The molecule has 0 fully saturated rings. The molecule has 0 heterocycles. The molecule has 0 unspecified atom stereocenters. The molecule has 0 bridgehead atoms. The number of carboxylic acid groups (broad SMARTS) is 1. The van der Waals surface area contributed by atoms with E-state index in [1.807, 2.05) is 0 Å². The van der Waals surface area contributed by atoms with E-state index in [0.29, 0.717) is 22.6 Å². The first kappa shape index (κ1) is 19.4. The molecule has 0 radical (unpaired) electrons. The van der Waals surface area contributed by atoms with Crippen LogP contribution in [0.4, 0.5) is 4.39 Å². The molecule has 0 aromatic heterocycles. The van der Waals surface area contributed by atoms with Gasteiger partial charge >= 0.3 is 5.97 Å².